The fourth-order valence-electron chi connectivity index (χ4n) is 1.90. The lowest BCUT2D eigenvalue weighted by Gasteiger charge is -2.10. The van der Waals surface area contributed by atoms with Gasteiger partial charge in [-0.3, -0.25) is 4.79 Å². The predicted octanol–water partition coefficient (Wildman–Crippen LogP) is 2.86. The number of hydrogen-bond acceptors (Lipinski definition) is 2. The van der Waals surface area contributed by atoms with E-state index in [2.05, 4.69) is 5.32 Å². The number of rotatable bonds is 5. The maximum Gasteiger partial charge on any atom is 0.244 e. The third kappa shape index (κ3) is 4.89. The number of carbonyl (C=O) groups excluding carboxylic acids is 1. The number of carbonyl (C=O) groups is 1. The molecule has 3 nitrogen and oxygen atoms in total. The molecule has 2 aromatic carbocycles. The van der Waals surface area contributed by atoms with E-state index in [4.69, 9.17) is 0 Å². The van der Waals surface area contributed by atoms with E-state index in [0.717, 1.165) is 11.1 Å². The number of aryl methyl sites for hydroxylation is 1. The number of amides is 1. The van der Waals surface area contributed by atoms with E-state index in [0.29, 0.717) is 0 Å². The van der Waals surface area contributed by atoms with Crippen LogP contribution in [0.1, 0.15) is 22.8 Å². The number of benzene rings is 2. The lowest BCUT2D eigenvalue weighted by molar-refractivity contribution is -0.116. The summed E-state index contributed by atoms with van der Waals surface area (Å²) in [5.74, 6) is -0.217. The lowest BCUT2D eigenvalue weighted by atomic mass is 10.1. The minimum Gasteiger partial charge on any atom is -0.387 e. The van der Waals surface area contributed by atoms with Crippen LogP contribution in [0, 0.1) is 6.92 Å². The molecule has 108 valence electrons. The average molecular weight is 281 g/mol. The maximum absolute atomic E-state index is 11.7. The summed E-state index contributed by atoms with van der Waals surface area (Å²) in [5, 5.41) is 12.6. The molecule has 0 spiro atoms. The van der Waals surface area contributed by atoms with Crippen molar-refractivity contribution >= 4 is 12.0 Å². The normalized spacial score (nSPS) is 12.3. The van der Waals surface area contributed by atoms with E-state index in [-0.39, 0.29) is 12.5 Å². The molecule has 0 bridgehead atoms. The Hall–Kier alpha value is -2.39. The van der Waals surface area contributed by atoms with Gasteiger partial charge in [0.05, 0.1) is 6.10 Å². The van der Waals surface area contributed by atoms with Gasteiger partial charge in [-0.2, -0.15) is 0 Å². The van der Waals surface area contributed by atoms with E-state index in [1.54, 1.807) is 6.08 Å². The molecule has 1 unspecified atom stereocenters. The fraction of sp³-hybridized carbons (Fsp3) is 0.167. The van der Waals surface area contributed by atoms with Gasteiger partial charge in [0.25, 0.3) is 0 Å². The van der Waals surface area contributed by atoms with Gasteiger partial charge in [0.1, 0.15) is 0 Å². The molecule has 1 atom stereocenters. The van der Waals surface area contributed by atoms with Gasteiger partial charge in [0.15, 0.2) is 0 Å². The molecule has 2 N–H and O–H groups in total. The summed E-state index contributed by atoms with van der Waals surface area (Å²) in [6.07, 6.45) is 2.54. The Balaban J connectivity index is 1.83. The highest BCUT2D eigenvalue weighted by Gasteiger charge is 2.07. The van der Waals surface area contributed by atoms with Gasteiger partial charge in [0.2, 0.25) is 5.91 Å². The summed E-state index contributed by atoms with van der Waals surface area (Å²) in [6, 6.07) is 17.2. The van der Waals surface area contributed by atoms with Crippen LogP contribution in [0.15, 0.2) is 60.7 Å². The highest BCUT2D eigenvalue weighted by atomic mass is 16.3. The molecule has 0 fully saturated rings. The first-order chi connectivity index (χ1) is 10.1. The van der Waals surface area contributed by atoms with Crippen molar-refractivity contribution in [2.45, 2.75) is 13.0 Å². The van der Waals surface area contributed by atoms with Gasteiger partial charge < -0.3 is 10.4 Å². The number of aliphatic hydroxyl groups is 1. The largest absolute Gasteiger partial charge is 0.387 e. The highest BCUT2D eigenvalue weighted by molar-refractivity contribution is 5.91. The van der Waals surface area contributed by atoms with E-state index < -0.39 is 6.10 Å². The third-order valence-corrected chi connectivity index (χ3v) is 3.16. The van der Waals surface area contributed by atoms with Crippen molar-refractivity contribution in [2.75, 3.05) is 6.54 Å². The van der Waals surface area contributed by atoms with Crippen LogP contribution in [0.4, 0.5) is 0 Å². The Labute approximate surface area is 124 Å². The predicted molar refractivity (Wildman–Crippen MR) is 84.6 cm³/mol. The van der Waals surface area contributed by atoms with E-state index in [1.807, 2.05) is 61.5 Å². The molecule has 0 saturated heterocycles. The molecular formula is C18H19NO2. The molecular weight excluding hydrogens is 262 g/mol. The topological polar surface area (TPSA) is 49.3 Å². The first-order valence-corrected chi connectivity index (χ1v) is 6.91. The average Bonchev–Trinajstić information content (AvgIpc) is 2.53. The summed E-state index contributed by atoms with van der Waals surface area (Å²) < 4.78 is 0. The van der Waals surface area contributed by atoms with Gasteiger partial charge in [-0.25, -0.2) is 0 Å². The van der Waals surface area contributed by atoms with Crippen LogP contribution < -0.4 is 5.32 Å². The van der Waals surface area contributed by atoms with Crippen LogP contribution in [0.3, 0.4) is 0 Å². The van der Waals surface area contributed by atoms with Crippen molar-refractivity contribution in [3.63, 3.8) is 0 Å². The Morgan fingerprint density at radius 1 is 1.14 bits per heavy atom. The van der Waals surface area contributed by atoms with Gasteiger partial charge >= 0.3 is 0 Å². The van der Waals surface area contributed by atoms with Gasteiger partial charge in [-0.05, 0) is 24.1 Å². The first kappa shape index (κ1) is 15.0. The quantitative estimate of drug-likeness (QED) is 0.828. The van der Waals surface area contributed by atoms with Crippen molar-refractivity contribution in [1.29, 1.82) is 0 Å². The molecule has 3 heteroatoms. The summed E-state index contributed by atoms with van der Waals surface area (Å²) in [4.78, 5) is 11.7. The number of aliphatic hydroxyl groups excluding tert-OH is 1. The monoisotopic (exact) mass is 281 g/mol. The standard InChI is InChI=1S/C18H19NO2/c1-14-7-9-15(10-8-14)11-12-18(21)19-13-17(20)16-5-3-2-4-6-16/h2-12,17,20H,13H2,1H3,(H,19,21)/b12-11+. The van der Waals surface area contributed by atoms with Crippen molar-refractivity contribution < 1.29 is 9.90 Å². The summed E-state index contributed by atoms with van der Waals surface area (Å²) in [5.41, 5.74) is 2.95. The zero-order chi connectivity index (χ0) is 15.1. The highest BCUT2D eigenvalue weighted by Crippen LogP contribution is 2.10. The Kier molecular flexibility index (Phi) is 5.29. The van der Waals surface area contributed by atoms with Gasteiger partial charge in [-0.1, -0.05) is 60.2 Å². The van der Waals surface area contributed by atoms with Gasteiger partial charge in [0, 0.05) is 12.6 Å². The summed E-state index contributed by atoms with van der Waals surface area (Å²) in [6.45, 7) is 2.21. The second kappa shape index (κ2) is 7.41. The second-order valence-corrected chi connectivity index (χ2v) is 4.92. The van der Waals surface area contributed by atoms with Crippen LogP contribution >= 0.6 is 0 Å². The van der Waals surface area contributed by atoms with E-state index >= 15 is 0 Å². The summed E-state index contributed by atoms with van der Waals surface area (Å²) in [7, 11) is 0. The van der Waals surface area contributed by atoms with Crippen LogP contribution in [0.5, 0.6) is 0 Å². The maximum atomic E-state index is 11.7. The fourth-order valence-corrected chi connectivity index (χ4v) is 1.90. The summed E-state index contributed by atoms with van der Waals surface area (Å²) >= 11 is 0. The Bertz CT molecular complexity index is 603. The first-order valence-electron chi connectivity index (χ1n) is 6.91. The molecule has 2 rings (SSSR count). The molecule has 0 aliphatic heterocycles. The molecule has 2 aromatic rings. The van der Waals surface area contributed by atoms with E-state index in [9.17, 15) is 9.90 Å². The lowest BCUT2D eigenvalue weighted by Crippen LogP contribution is -2.26. The molecule has 0 radical (unpaired) electrons. The third-order valence-electron chi connectivity index (χ3n) is 3.16. The Morgan fingerprint density at radius 3 is 2.48 bits per heavy atom. The zero-order valence-electron chi connectivity index (χ0n) is 12.0. The van der Waals surface area contributed by atoms with Crippen LogP contribution in [-0.2, 0) is 4.79 Å². The molecule has 0 heterocycles. The smallest absolute Gasteiger partial charge is 0.244 e. The molecule has 0 aliphatic carbocycles. The van der Waals surface area contributed by atoms with Crippen molar-refractivity contribution in [3.05, 3.63) is 77.4 Å². The van der Waals surface area contributed by atoms with Crippen molar-refractivity contribution in [1.82, 2.24) is 5.32 Å². The molecule has 0 aliphatic rings. The van der Waals surface area contributed by atoms with Crippen LogP contribution in [0.2, 0.25) is 0 Å². The van der Waals surface area contributed by atoms with Crippen molar-refractivity contribution in [3.8, 4) is 0 Å². The van der Waals surface area contributed by atoms with Crippen molar-refractivity contribution in [2.24, 2.45) is 0 Å². The van der Waals surface area contributed by atoms with E-state index in [1.165, 1.54) is 11.6 Å². The number of nitrogens with one attached hydrogen (secondary N) is 1. The Morgan fingerprint density at radius 2 is 1.81 bits per heavy atom. The number of hydrogen-bond donors (Lipinski definition) is 2. The molecule has 0 saturated carbocycles. The SMILES string of the molecule is Cc1ccc(/C=C/C(=O)NCC(O)c2ccccc2)cc1. The second-order valence-electron chi connectivity index (χ2n) is 4.92. The van der Waals surface area contributed by atoms with Crippen LogP contribution in [0.25, 0.3) is 6.08 Å². The molecule has 21 heavy (non-hydrogen) atoms. The van der Waals surface area contributed by atoms with Crippen LogP contribution in [-0.4, -0.2) is 17.6 Å². The molecule has 1 amide bonds. The zero-order valence-corrected chi connectivity index (χ0v) is 12.0. The molecule has 0 aromatic heterocycles. The minimum atomic E-state index is -0.692. The minimum absolute atomic E-state index is 0.196. The van der Waals surface area contributed by atoms with Gasteiger partial charge in [-0.15, -0.1) is 0 Å².